The molecule has 0 aliphatic carbocycles. The van der Waals surface area contributed by atoms with Crippen LogP contribution in [0.25, 0.3) is 0 Å². The Bertz CT molecular complexity index is 612. The first-order valence-corrected chi connectivity index (χ1v) is 8.31. The summed E-state index contributed by atoms with van der Waals surface area (Å²) in [6.07, 6.45) is 1.91. The third-order valence-electron chi connectivity index (χ3n) is 3.28. The second-order valence-electron chi connectivity index (χ2n) is 4.97. The number of nitrogens with zero attached hydrogens (tertiary/aromatic N) is 2. The van der Waals surface area contributed by atoms with Gasteiger partial charge < -0.3 is 10.6 Å². The van der Waals surface area contributed by atoms with Crippen molar-refractivity contribution in [3.8, 4) is 0 Å². The molecule has 2 aromatic rings. The maximum atomic E-state index is 6.01. The minimum Gasteiger partial charge on any atom is -0.373 e. The Balaban J connectivity index is 2.27. The predicted molar refractivity (Wildman–Crippen MR) is 91.7 cm³/mol. The molecule has 0 aliphatic rings. The molecule has 0 fully saturated rings. The molecule has 0 radical (unpaired) electrons. The Labute approximate surface area is 135 Å². The number of rotatable bonds is 6. The Morgan fingerprint density at radius 1 is 1.29 bits per heavy atom. The van der Waals surface area contributed by atoms with Crippen LogP contribution < -0.4 is 10.6 Å². The van der Waals surface area contributed by atoms with Gasteiger partial charge in [-0.2, -0.15) is 0 Å². The molecule has 21 heavy (non-hydrogen) atoms. The molecule has 0 amide bonds. The van der Waals surface area contributed by atoms with E-state index in [0.29, 0.717) is 0 Å². The average molecular weight is 325 g/mol. The number of aryl methyl sites for hydroxylation is 1. The van der Waals surface area contributed by atoms with Crippen LogP contribution in [0, 0.1) is 6.92 Å². The van der Waals surface area contributed by atoms with Crippen LogP contribution in [0.1, 0.15) is 42.6 Å². The van der Waals surface area contributed by atoms with Crippen molar-refractivity contribution in [3.05, 3.63) is 32.7 Å². The number of aromatic nitrogens is 2. The molecule has 0 spiro atoms. The third-order valence-corrected chi connectivity index (χ3v) is 4.69. The standard InChI is InChI=1S/C15H21ClN4S/c1-5-6-13-19-14(17-4)9(2)15(20-13)18-10(3)11-7-8-12(16)21-11/h7-8,10H,5-6H2,1-4H3,(H2,17,18,19,20). The molecule has 2 aromatic heterocycles. The van der Waals surface area contributed by atoms with Gasteiger partial charge in [-0.1, -0.05) is 18.5 Å². The van der Waals surface area contributed by atoms with E-state index in [0.717, 1.165) is 40.2 Å². The summed E-state index contributed by atoms with van der Waals surface area (Å²) >= 11 is 7.60. The molecule has 114 valence electrons. The highest BCUT2D eigenvalue weighted by Crippen LogP contribution is 2.30. The molecular formula is C15H21ClN4S. The summed E-state index contributed by atoms with van der Waals surface area (Å²) in [6.45, 7) is 6.27. The maximum absolute atomic E-state index is 6.01. The van der Waals surface area contributed by atoms with Crippen molar-refractivity contribution in [2.24, 2.45) is 0 Å². The number of hydrogen-bond acceptors (Lipinski definition) is 5. The molecular weight excluding hydrogens is 304 g/mol. The highest BCUT2D eigenvalue weighted by atomic mass is 35.5. The molecule has 1 unspecified atom stereocenters. The normalized spacial score (nSPS) is 12.2. The van der Waals surface area contributed by atoms with Crippen molar-refractivity contribution >= 4 is 34.6 Å². The monoisotopic (exact) mass is 324 g/mol. The van der Waals surface area contributed by atoms with Crippen LogP contribution in [0.2, 0.25) is 4.34 Å². The Morgan fingerprint density at radius 3 is 2.57 bits per heavy atom. The van der Waals surface area contributed by atoms with Gasteiger partial charge in [0.2, 0.25) is 0 Å². The lowest BCUT2D eigenvalue weighted by molar-refractivity contribution is 0.819. The lowest BCUT2D eigenvalue weighted by Crippen LogP contribution is -2.12. The lowest BCUT2D eigenvalue weighted by Gasteiger charge is -2.17. The van der Waals surface area contributed by atoms with E-state index < -0.39 is 0 Å². The molecule has 1 atom stereocenters. The van der Waals surface area contributed by atoms with Crippen molar-refractivity contribution in [1.82, 2.24) is 9.97 Å². The van der Waals surface area contributed by atoms with Crippen LogP contribution in [0.3, 0.4) is 0 Å². The fourth-order valence-electron chi connectivity index (χ4n) is 2.12. The summed E-state index contributed by atoms with van der Waals surface area (Å²) < 4.78 is 0.806. The van der Waals surface area contributed by atoms with Crippen molar-refractivity contribution in [1.29, 1.82) is 0 Å². The first kappa shape index (κ1) is 16.0. The smallest absolute Gasteiger partial charge is 0.135 e. The van der Waals surface area contributed by atoms with Crippen LogP contribution in [0.4, 0.5) is 11.6 Å². The quantitative estimate of drug-likeness (QED) is 0.811. The van der Waals surface area contributed by atoms with Gasteiger partial charge in [-0.05, 0) is 32.4 Å². The summed E-state index contributed by atoms with van der Waals surface area (Å²) in [6, 6.07) is 4.14. The summed E-state index contributed by atoms with van der Waals surface area (Å²) in [4.78, 5) is 10.4. The van der Waals surface area contributed by atoms with E-state index in [1.807, 2.05) is 26.1 Å². The topological polar surface area (TPSA) is 49.8 Å². The maximum Gasteiger partial charge on any atom is 0.135 e. The zero-order chi connectivity index (χ0) is 15.4. The molecule has 0 aliphatic heterocycles. The number of hydrogen-bond donors (Lipinski definition) is 2. The predicted octanol–water partition coefficient (Wildman–Crippen LogP) is 4.67. The molecule has 4 nitrogen and oxygen atoms in total. The largest absolute Gasteiger partial charge is 0.373 e. The van der Waals surface area contributed by atoms with Gasteiger partial charge in [0, 0.05) is 23.9 Å². The van der Waals surface area contributed by atoms with Gasteiger partial charge in [0.1, 0.15) is 17.5 Å². The van der Waals surface area contributed by atoms with Gasteiger partial charge in [0.25, 0.3) is 0 Å². The van der Waals surface area contributed by atoms with Gasteiger partial charge >= 0.3 is 0 Å². The van der Waals surface area contributed by atoms with Crippen LogP contribution in [0.5, 0.6) is 0 Å². The van der Waals surface area contributed by atoms with Crippen molar-refractivity contribution < 1.29 is 0 Å². The fraction of sp³-hybridized carbons (Fsp3) is 0.467. The van der Waals surface area contributed by atoms with Crippen molar-refractivity contribution in [2.45, 2.75) is 39.7 Å². The molecule has 0 saturated carbocycles. The minimum atomic E-state index is 0.162. The highest BCUT2D eigenvalue weighted by molar-refractivity contribution is 7.16. The van der Waals surface area contributed by atoms with Gasteiger partial charge in [-0.25, -0.2) is 9.97 Å². The zero-order valence-electron chi connectivity index (χ0n) is 12.8. The summed E-state index contributed by atoms with van der Waals surface area (Å²) in [5, 5.41) is 6.62. The number of thiophene rings is 1. The molecule has 0 bridgehead atoms. The SMILES string of the molecule is CCCc1nc(NC)c(C)c(NC(C)c2ccc(Cl)s2)n1. The van der Waals surface area contributed by atoms with Gasteiger partial charge in [-0.3, -0.25) is 0 Å². The minimum absolute atomic E-state index is 0.162. The third kappa shape index (κ3) is 3.86. The van der Waals surface area contributed by atoms with E-state index in [1.54, 1.807) is 11.3 Å². The lowest BCUT2D eigenvalue weighted by atomic mass is 10.2. The first-order chi connectivity index (χ1) is 10.0. The number of halogens is 1. The highest BCUT2D eigenvalue weighted by Gasteiger charge is 2.14. The van der Waals surface area contributed by atoms with E-state index in [9.17, 15) is 0 Å². The molecule has 0 saturated heterocycles. The molecule has 6 heteroatoms. The Kier molecular flexibility index (Phi) is 5.42. The van der Waals surface area contributed by atoms with E-state index in [-0.39, 0.29) is 6.04 Å². The number of nitrogens with one attached hydrogen (secondary N) is 2. The average Bonchev–Trinajstić information content (AvgIpc) is 2.89. The van der Waals surface area contributed by atoms with Crippen LogP contribution in [0.15, 0.2) is 12.1 Å². The molecule has 2 heterocycles. The van der Waals surface area contributed by atoms with Gasteiger partial charge in [-0.15, -0.1) is 11.3 Å². The summed E-state index contributed by atoms with van der Waals surface area (Å²) in [5.41, 5.74) is 1.03. The van der Waals surface area contributed by atoms with E-state index in [2.05, 4.69) is 34.4 Å². The molecule has 2 N–H and O–H groups in total. The van der Waals surface area contributed by atoms with Crippen molar-refractivity contribution in [2.75, 3.05) is 17.7 Å². The van der Waals surface area contributed by atoms with Gasteiger partial charge in [0.15, 0.2) is 0 Å². The van der Waals surface area contributed by atoms with Crippen LogP contribution in [-0.4, -0.2) is 17.0 Å². The second kappa shape index (κ2) is 7.09. The summed E-state index contributed by atoms with van der Waals surface area (Å²) in [5.74, 6) is 2.63. The Hall–Kier alpha value is -1.33. The van der Waals surface area contributed by atoms with Crippen molar-refractivity contribution in [3.63, 3.8) is 0 Å². The summed E-state index contributed by atoms with van der Waals surface area (Å²) in [7, 11) is 1.89. The van der Waals surface area contributed by atoms with E-state index in [1.165, 1.54) is 4.88 Å². The molecule has 2 rings (SSSR count). The number of anilines is 2. The molecule has 0 aromatic carbocycles. The van der Waals surface area contributed by atoms with Crippen LogP contribution >= 0.6 is 22.9 Å². The van der Waals surface area contributed by atoms with E-state index in [4.69, 9.17) is 11.6 Å². The Morgan fingerprint density at radius 2 is 2.00 bits per heavy atom. The first-order valence-electron chi connectivity index (χ1n) is 7.12. The zero-order valence-corrected chi connectivity index (χ0v) is 14.4. The van der Waals surface area contributed by atoms with E-state index >= 15 is 0 Å². The fourth-order valence-corrected chi connectivity index (χ4v) is 3.18. The van der Waals surface area contributed by atoms with Crippen LogP contribution in [-0.2, 0) is 6.42 Å². The van der Waals surface area contributed by atoms with Gasteiger partial charge in [0.05, 0.1) is 10.4 Å². The second-order valence-corrected chi connectivity index (χ2v) is 6.72.